The topological polar surface area (TPSA) is 41.7 Å². The van der Waals surface area contributed by atoms with E-state index in [1.54, 1.807) is 0 Å². The maximum atomic E-state index is 6.03. The van der Waals surface area contributed by atoms with Crippen LogP contribution in [0.5, 0.6) is 5.75 Å². The van der Waals surface area contributed by atoms with Crippen LogP contribution < -0.4 is 15.4 Å². The Hall–Kier alpha value is -1.42. The zero-order valence-electron chi connectivity index (χ0n) is 12.5. The predicted octanol–water partition coefficient (Wildman–Crippen LogP) is 2.34. The molecule has 2 aliphatic rings. The second-order valence-corrected chi connectivity index (χ2v) is 6.20. The number of nitrogens with two attached hydrogens (primary N) is 1. The highest BCUT2D eigenvalue weighted by atomic mass is 16.5. The lowest BCUT2D eigenvalue weighted by molar-refractivity contribution is 0.230. The lowest BCUT2D eigenvalue weighted by atomic mass is 10.1. The van der Waals surface area contributed by atoms with Gasteiger partial charge in [0.15, 0.2) is 0 Å². The van der Waals surface area contributed by atoms with Crippen molar-refractivity contribution in [1.82, 2.24) is 4.90 Å². The molecule has 1 atom stereocenters. The quantitative estimate of drug-likeness (QED) is 0.860. The van der Waals surface area contributed by atoms with Crippen LogP contribution in [-0.4, -0.2) is 43.2 Å². The van der Waals surface area contributed by atoms with Crippen LogP contribution in [0.2, 0.25) is 0 Å². The summed E-state index contributed by atoms with van der Waals surface area (Å²) in [5.74, 6) is 0.879. The average molecular weight is 275 g/mol. The minimum absolute atomic E-state index is 0.177. The normalized spacial score (nSPS) is 23.1. The smallest absolute Gasteiger partial charge is 0.123 e. The first-order chi connectivity index (χ1) is 9.61. The van der Waals surface area contributed by atoms with Crippen molar-refractivity contribution < 1.29 is 4.74 Å². The van der Waals surface area contributed by atoms with Crippen molar-refractivity contribution in [1.29, 1.82) is 0 Å². The van der Waals surface area contributed by atoms with Crippen molar-refractivity contribution in [2.45, 2.75) is 38.8 Å². The first-order valence-corrected chi connectivity index (χ1v) is 7.68. The number of nitrogen functional groups attached to an aromatic ring is 1. The van der Waals surface area contributed by atoms with Gasteiger partial charge in [0, 0.05) is 49.2 Å². The molecule has 2 N–H and O–H groups in total. The van der Waals surface area contributed by atoms with Gasteiger partial charge in [0.05, 0.1) is 6.10 Å². The van der Waals surface area contributed by atoms with Gasteiger partial charge in [0.2, 0.25) is 0 Å². The highest BCUT2D eigenvalue weighted by Crippen LogP contribution is 2.30. The fourth-order valence-corrected chi connectivity index (χ4v) is 3.35. The van der Waals surface area contributed by atoms with E-state index in [1.807, 2.05) is 19.9 Å². The summed E-state index contributed by atoms with van der Waals surface area (Å²) >= 11 is 0. The third kappa shape index (κ3) is 2.85. The number of hydrogen-bond acceptors (Lipinski definition) is 4. The Balaban J connectivity index is 1.77. The van der Waals surface area contributed by atoms with Gasteiger partial charge in [0.1, 0.15) is 5.75 Å². The molecule has 110 valence electrons. The lowest BCUT2D eigenvalue weighted by Gasteiger charge is -2.39. The summed E-state index contributed by atoms with van der Waals surface area (Å²) < 4.78 is 5.80. The first kappa shape index (κ1) is 13.6. The molecule has 0 aliphatic carbocycles. The second kappa shape index (κ2) is 5.52. The molecular weight excluding hydrogens is 250 g/mol. The number of anilines is 2. The molecule has 2 saturated heterocycles. The minimum Gasteiger partial charge on any atom is -0.491 e. The van der Waals surface area contributed by atoms with E-state index in [0.29, 0.717) is 0 Å². The molecule has 20 heavy (non-hydrogen) atoms. The van der Waals surface area contributed by atoms with Crippen molar-refractivity contribution in [3.8, 4) is 5.75 Å². The molecule has 3 rings (SSSR count). The summed E-state index contributed by atoms with van der Waals surface area (Å²) in [6, 6.07) is 6.83. The van der Waals surface area contributed by atoms with Crippen LogP contribution in [-0.2, 0) is 0 Å². The predicted molar refractivity (Wildman–Crippen MR) is 83.4 cm³/mol. The first-order valence-electron chi connectivity index (χ1n) is 7.68. The largest absolute Gasteiger partial charge is 0.491 e. The molecule has 0 aromatic heterocycles. The molecule has 1 aromatic rings. The molecule has 1 unspecified atom stereocenters. The molecule has 0 amide bonds. The monoisotopic (exact) mass is 275 g/mol. The number of ether oxygens (including phenoxy) is 1. The molecule has 0 radical (unpaired) electrons. The van der Waals surface area contributed by atoms with Gasteiger partial charge in [-0.25, -0.2) is 0 Å². The molecule has 2 aliphatic heterocycles. The van der Waals surface area contributed by atoms with Gasteiger partial charge >= 0.3 is 0 Å². The SMILES string of the molecule is CC(C)Oc1cc(N)cc(N2CCN3CCCC3C2)c1. The Labute approximate surface area is 121 Å². The van der Waals surface area contributed by atoms with E-state index in [-0.39, 0.29) is 6.10 Å². The van der Waals surface area contributed by atoms with Gasteiger partial charge in [-0.1, -0.05) is 0 Å². The van der Waals surface area contributed by atoms with E-state index in [9.17, 15) is 0 Å². The van der Waals surface area contributed by atoms with Crippen LogP contribution in [0.4, 0.5) is 11.4 Å². The Morgan fingerprint density at radius 2 is 2.05 bits per heavy atom. The summed E-state index contributed by atoms with van der Waals surface area (Å²) in [7, 11) is 0. The fourth-order valence-electron chi connectivity index (χ4n) is 3.35. The standard InChI is InChI=1S/C16H25N3O/c1-12(2)20-16-9-13(17)8-15(10-16)19-7-6-18-5-3-4-14(18)11-19/h8-10,12,14H,3-7,11,17H2,1-2H3. The zero-order chi connectivity index (χ0) is 14.1. The van der Waals surface area contributed by atoms with Gasteiger partial charge in [-0.15, -0.1) is 0 Å². The van der Waals surface area contributed by atoms with E-state index in [4.69, 9.17) is 10.5 Å². The summed E-state index contributed by atoms with van der Waals surface area (Å²) in [4.78, 5) is 5.07. The van der Waals surface area contributed by atoms with Crippen LogP contribution in [0.25, 0.3) is 0 Å². The molecule has 2 fully saturated rings. The van der Waals surface area contributed by atoms with Crippen LogP contribution in [0.15, 0.2) is 18.2 Å². The van der Waals surface area contributed by atoms with E-state index >= 15 is 0 Å². The van der Waals surface area contributed by atoms with Gasteiger partial charge in [-0.2, -0.15) is 0 Å². The maximum Gasteiger partial charge on any atom is 0.123 e. The maximum absolute atomic E-state index is 6.03. The van der Waals surface area contributed by atoms with Gasteiger partial charge in [-0.3, -0.25) is 4.90 Å². The summed E-state index contributed by atoms with van der Waals surface area (Å²) in [6.45, 7) is 8.73. The molecule has 2 heterocycles. The number of fused-ring (bicyclic) bond motifs is 1. The van der Waals surface area contributed by atoms with E-state index in [0.717, 1.165) is 30.6 Å². The Morgan fingerprint density at radius 1 is 1.20 bits per heavy atom. The molecule has 4 nitrogen and oxygen atoms in total. The molecule has 1 aromatic carbocycles. The number of rotatable bonds is 3. The Bertz CT molecular complexity index is 475. The van der Waals surface area contributed by atoms with E-state index in [1.165, 1.54) is 31.6 Å². The Kier molecular flexibility index (Phi) is 3.74. The van der Waals surface area contributed by atoms with Crippen molar-refractivity contribution in [3.05, 3.63) is 18.2 Å². The molecular formula is C16H25N3O. The number of benzene rings is 1. The van der Waals surface area contributed by atoms with Gasteiger partial charge in [0.25, 0.3) is 0 Å². The van der Waals surface area contributed by atoms with Crippen molar-refractivity contribution in [2.75, 3.05) is 36.8 Å². The molecule has 0 spiro atoms. The van der Waals surface area contributed by atoms with Gasteiger partial charge in [-0.05, 0) is 39.3 Å². The zero-order valence-corrected chi connectivity index (χ0v) is 12.5. The van der Waals surface area contributed by atoms with Gasteiger partial charge < -0.3 is 15.4 Å². The fraction of sp³-hybridized carbons (Fsp3) is 0.625. The third-order valence-electron chi connectivity index (χ3n) is 4.24. The van der Waals surface area contributed by atoms with Crippen LogP contribution in [0, 0.1) is 0 Å². The van der Waals surface area contributed by atoms with Crippen molar-refractivity contribution >= 4 is 11.4 Å². The minimum atomic E-state index is 0.177. The highest BCUT2D eigenvalue weighted by molar-refractivity contribution is 5.61. The number of hydrogen-bond donors (Lipinski definition) is 1. The van der Waals surface area contributed by atoms with Crippen molar-refractivity contribution in [2.24, 2.45) is 0 Å². The summed E-state index contributed by atoms with van der Waals surface area (Å²) in [5, 5.41) is 0. The van der Waals surface area contributed by atoms with Crippen LogP contribution >= 0.6 is 0 Å². The second-order valence-electron chi connectivity index (χ2n) is 6.20. The number of piperazine rings is 1. The van der Waals surface area contributed by atoms with E-state index < -0.39 is 0 Å². The molecule has 4 heteroatoms. The molecule has 0 saturated carbocycles. The third-order valence-corrected chi connectivity index (χ3v) is 4.24. The molecule has 0 bridgehead atoms. The summed E-state index contributed by atoms with van der Waals surface area (Å²) in [5.41, 5.74) is 8.02. The van der Waals surface area contributed by atoms with Crippen molar-refractivity contribution in [3.63, 3.8) is 0 Å². The number of nitrogens with zero attached hydrogens (tertiary/aromatic N) is 2. The van der Waals surface area contributed by atoms with Crippen LogP contribution in [0.3, 0.4) is 0 Å². The highest BCUT2D eigenvalue weighted by Gasteiger charge is 2.30. The van der Waals surface area contributed by atoms with E-state index in [2.05, 4.69) is 21.9 Å². The average Bonchev–Trinajstić information content (AvgIpc) is 2.84. The van der Waals surface area contributed by atoms with Crippen LogP contribution in [0.1, 0.15) is 26.7 Å². The Morgan fingerprint density at radius 3 is 2.85 bits per heavy atom. The summed E-state index contributed by atoms with van der Waals surface area (Å²) in [6.07, 6.45) is 2.85. The lowest BCUT2D eigenvalue weighted by Crippen LogP contribution is -2.50.